The molecule has 0 radical (unpaired) electrons. The van der Waals surface area contributed by atoms with Crippen LogP contribution in [0.1, 0.15) is 45.2 Å². The normalized spacial score (nSPS) is 16.1. The fraction of sp³-hybridized carbons (Fsp3) is 0.407. The van der Waals surface area contributed by atoms with Crippen LogP contribution in [0.15, 0.2) is 48.6 Å². The standard InChI is InChI=1S/C25H32N2O.C2H6/c1-4-6-8-23-21(11-14-25(28)24(23)7-5-2)19-26-15-17-27(18-16-26)22-12-9-20(3)10-13-22;1-2/h4,6-14,28H,5,15-19H2,1-3H3;1-2H3/b6-4-,23-8-,24-7-;. The van der Waals surface area contributed by atoms with Gasteiger partial charge in [0.1, 0.15) is 5.75 Å². The summed E-state index contributed by atoms with van der Waals surface area (Å²) in [4.78, 5) is 4.98. The van der Waals surface area contributed by atoms with Gasteiger partial charge in [-0.25, -0.2) is 0 Å². The summed E-state index contributed by atoms with van der Waals surface area (Å²) in [5.41, 5.74) is 3.90. The van der Waals surface area contributed by atoms with Gasteiger partial charge in [0.15, 0.2) is 0 Å². The Morgan fingerprint density at radius 2 is 1.60 bits per heavy atom. The van der Waals surface area contributed by atoms with Crippen LogP contribution in [0, 0.1) is 6.92 Å². The first-order valence-electron chi connectivity index (χ1n) is 11.3. The fourth-order valence-electron chi connectivity index (χ4n) is 3.78. The van der Waals surface area contributed by atoms with Crippen molar-refractivity contribution in [1.82, 2.24) is 4.90 Å². The molecule has 3 heteroatoms. The van der Waals surface area contributed by atoms with Gasteiger partial charge in [-0.1, -0.05) is 68.8 Å². The van der Waals surface area contributed by atoms with Crippen molar-refractivity contribution in [2.24, 2.45) is 0 Å². The van der Waals surface area contributed by atoms with Crippen molar-refractivity contribution in [2.75, 3.05) is 31.1 Å². The second kappa shape index (κ2) is 12.2. The summed E-state index contributed by atoms with van der Waals surface area (Å²) in [6, 6.07) is 12.7. The Morgan fingerprint density at radius 1 is 0.933 bits per heavy atom. The van der Waals surface area contributed by atoms with Crippen molar-refractivity contribution in [3.05, 3.63) is 70.1 Å². The summed E-state index contributed by atoms with van der Waals surface area (Å²) in [5.74, 6) is 0.366. The quantitative estimate of drug-likeness (QED) is 0.786. The van der Waals surface area contributed by atoms with Crippen LogP contribution < -0.4 is 15.3 Å². The van der Waals surface area contributed by atoms with Crippen molar-refractivity contribution in [1.29, 1.82) is 0 Å². The van der Waals surface area contributed by atoms with Crippen molar-refractivity contribution in [3.8, 4) is 5.75 Å². The lowest BCUT2D eigenvalue weighted by Crippen LogP contribution is -2.47. The van der Waals surface area contributed by atoms with E-state index in [4.69, 9.17) is 0 Å². The molecule has 0 bridgehead atoms. The Labute approximate surface area is 182 Å². The molecule has 0 unspecified atom stereocenters. The van der Waals surface area contributed by atoms with E-state index in [0.717, 1.165) is 49.6 Å². The zero-order valence-electron chi connectivity index (χ0n) is 19.4. The molecule has 1 aliphatic rings. The largest absolute Gasteiger partial charge is 0.507 e. The predicted octanol–water partition coefficient (Wildman–Crippen LogP) is 4.60. The molecule has 1 saturated heterocycles. The summed E-state index contributed by atoms with van der Waals surface area (Å²) in [6.07, 6.45) is 9.23. The lowest BCUT2D eigenvalue weighted by Gasteiger charge is -2.36. The topological polar surface area (TPSA) is 26.7 Å². The van der Waals surface area contributed by atoms with Gasteiger partial charge in [0.05, 0.1) is 0 Å². The van der Waals surface area contributed by atoms with E-state index in [1.807, 2.05) is 32.9 Å². The van der Waals surface area contributed by atoms with Crippen LogP contribution in [0.25, 0.3) is 12.2 Å². The van der Waals surface area contributed by atoms with Gasteiger partial charge in [-0.2, -0.15) is 0 Å². The van der Waals surface area contributed by atoms with Crippen LogP contribution >= 0.6 is 0 Å². The van der Waals surface area contributed by atoms with E-state index in [-0.39, 0.29) is 0 Å². The van der Waals surface area contributed by atoms with E-state index in [0.29, 0.717) is 5.75 Å². The number of aryl methyl sites for hydroxylation is 1. The zero-order chi connectivity index (χ0) is 21.9. The number of benzene rings is 2. The highest BCUT2D eigenvalue weighted by Gasteiger charge is 2.18. The van der Waals surface area contributed by atoms with Crippen LogP contribution in [0.4, 0.5) is 5.69 Å². The molecule has 1 heterocycles. The smallest absolute Gasteiger partial charge is 0.123 e. The Hall–Kier alpha value is -2.52. The van der Waals surface area contributed by atoms with Gasteiger partial charge in [0.25, 0.3) is 0 Å². The molecular formula is C27H38N2O. The van der Waals surface area contributed by atoms with Crippen molar-refractivity contribution < 1.29 is 5.11 Å². The van der Waals surface area contributed by atoms with E-state index in [9.17, 15) is 5.11 Å². The first-order chi connectivity index (χ1) is 14.6. The van der Waals surface area contributed by atoms with Crippen LogP contribution in [-0.4, -0.2) is 36.2 Å². The molecule has 3 rings (SSSR count). The minimum atomic E-state index is 0.366. The summed E-state index contributed by atoms with van der Waals surface area (Å²) in [5, 5.41) is 12.4. The van der Waals surface area contributed by atoms with Crippen LogP contribution in [0.3, 0.4) is 0 Å². The maximum Gasteiger partial charge on any atom is 0.123 e. The van der Waals surface area contributed by atoms with Gasteiger partial charge >= 0.3 is 0 Å². The van der Waals surface area contributed by atoms with Gasteiger partial charge in [0.2, 0.25) is 0 Å². The van der Waals surface area contributed by atoms with Gasteiger partial charge in [-0.15, -0.1) is 0 Å². The molecule has 0 spiro atoms. The number of piperazine rings is 1. The molecule has 2 aromatic rings. The maximum absolute atomic E-state index is 10.3. The minimum Gasteiger partial charge on any atom is -0.507 e. The van der Waals surface area contributed by atoms with Crippen LogP contribution in [-0.2, 0) is 6.54 Å². The van der Waals surface area contributed by atoms with E-state index in [1.165, 1.54) is 16.8 Å². The summed E-state index contributed by atoms with van der Waals surface area (Å²) in [7, 11) is 0. The van der Waals surface area contributed by atoms with E-state index >= 15 is 0 Å². The molecule has 3 nitrogen and oxygen atoms in total. The van der Waals surface area contributed by atoms with Gasteiger partial charge in [0, 0.05) is 43.6 Å². The summed E-state index contributed by atoms with van der Waals surface area (Å²) >= 11 is 0. The molecule has 1 fully saturated rings. The number of rotatable bonds is 5. The number of allylic oxidation sites excluding steroid dienone is 2. The van der Waals surface area contributed by atoms with Gasteiger partial charge in [-0.3, -0.25) is 4.90 Å². The van der Waals surface area contributed by atoms with Crippen molar-refractivity contribution >= 4 is 17.8 Å². The Bertz CT molecular complexity index is 921. The molecule has 0 atom stereocenters. The van der Waals surface area contributed by atoms with Gasteiger partial charge in [-0.05, 0) is 49.2 Å². The van der Waals surface area contributed by atoms with Crippen molar-refractivity contribution in [2.45, 2.75) is 47.6 Å². The number of phenols is 1. The molecule has 162 valence electrons. The molecule has 2 aromatic carbocycles. The number of hydrogen-bond donors (Lipinski definition) is 1. The Balaban J connectivity index is 0.00000155. The number of nitrogens with zero attached hydrogens (tertiary/aromatic N) is 2. The molecule has 0 amide bonds. The third kappa shape index (κ3) is 6.24. The lowest BCUT2D eigenvalue weighted by atomic mass is 10.1. The first-order valence-corrected chi connectivity index (χ1v) is 11.3. The second-order valence-electron chi connectivity index (χ2n) is 7.47. The Morgan fingerprint density at radius 3 is 2.20 bits per heavy atom. The summed E-state index contributed by atoms with van der Waals surface area (Å²) in [6.45, 7) is 15.4. The number of aromatic hydroxyl groups is 1. The van der Waals surface area contributed by atoms with E-state index in [2.05, 4.69) is 72.2 Å². The average molecular weight is 407 g/mol. The minimum absolute atomic E-state index is 0.366. The molecular weight excluding hydrogens is 368 g/mol. The third-order valence-corrected chi connectivity index (χ3v) is 5.38. The third-order valence-electron chi connectivity index (χ3n) is 5.38. The van der Waals surface area contributed by atoms with Crippen LogP contribution in [0.2, 0.25) is 0 Å². The van der Waals surface area contributed by atoms with Gasteiger partial charge < -0.3 is 10.0 Å². The second-order valence-corrected chi connectivity index (χ2v) is 7.47. The molecule has 1 N–H and O–H groups in total. The zero-order valence-corrected chi connectivity index (χ0v) is 19.4. The molecule has 0 saturated carbocycles. The predicted molar refractivity (Wildman–Crippen MR) is 131 cm³/mol. The fourth-order valence-corrected chi connectivity index (χ4v) is 3.78. The number of hydrogen-bond acceptors (Lipinski definition) is 3. The van der Waals surface area contributed by atoms with E-state index < -0.39 is 0 Å². The highest BCUT2D eigenvalue weighted by Crippen LogP contribution is 2.17. The molecule has 0 aromatic heterocycles. The molecule has 30 heavy (non-hydrogen) atoms. The monoisotopic (exact) mass is 406 g/mol. The number of phenolic OH excluding ortho intramolecular Hbond substituents is 1. The van der Waals surface area contributed by atoms with E-state index in [1.54, 1.807) is 0 Å². The van der Waals surface area contributed by atoms with Crippen LogP contribution in [0.5, 0.6) is 5.75 Å². The highest BCUT2D eigenvalue weighted by atomic mass is 16.3. The first kappa shape index (κ1) is 23.8. The maximum atomic E-state index is 10.3. The molecule has 1 aliphatic heterocycles. The highest BCUT2D eigenvalue weighted by molar-refractivity contribution is 5.48. The lowest BCUT2D eigenvalue weighted by molar-refractivity contribution is 0.249. The summed E-state index contributed by atoms with van der Waals surface area (Å²) < 4.78 is 0. The Kier molecular flexibility index (Phi) is 9.69. The molecule has 0 aliphatic carbocycles. The SMILES string of the molecule is CC.C\C=C/C=c1/c(CN2CCN(c3ccc(C)cc3)CC2)ccc(O)/c1=C\CC. The average Bonchev–Trinajstić information content (AvgIpc) is 2.78. The van der Waals surface area contributed by atoms with Crippen molar-refractivity contribution in [3.63, 3.8) is 0 Å². The number of anilines is 1.